The molecule has 5 nitrogen and oxygen atoms in total. The third kappa shape index (κ3) is 1.68. The predicted molar refractivity (Wildman–Crippen MR) is 54.8 cm³/mol. The first-order valence-electron chi connectivity index (χ1n) is 4.80. The van der Waals surface area contributed by atoms with Crippen molar-refractivity contribution in [1.29, 1.82) is 0 Å². The van der Waals surface area contributed by atoms with Gasteiger partial charge in [0, 0.05) is 5.56 Å². The van der Waals surface area contributed by atoms with Gasteiger partial charge >= 0.3 is 0 Å². The van der Waals surface area contributed by atoms with Crippen molar-refractivity contribution < 1.29 is 12.9 Å². The van der Waals surface area contributed by atoms with Gasteiger partial charge in [-0.25, -0.2) is 13.6 Å². The van der Waals surface area contributed by atoms with E-state index < -0.39 is 14.8 Å². The Morgan fingerprint density at radius 1 is 1.47 bits per heavy atom. The normalized spacial score (nSPS) is 19.1. The van der Waals surface area contributed by atoms with Crippen LogP contribution in [0.3, 0.4) is 0 Å². The van der Waals surface area contributed by atoms with Crippen LogP contribution >= 0.6 is 0 Å². The maximum Gasteiger partial charge on any atom is 0.215 e. The Hall–Kier alpha value is -0.880. The molecule has 0 saturated heterocycles. The molecule has 0 aliphatic heterocycles. The summed E-state index contributed by atoms with van der Waals surface area (Å²) in [7, 11) is -3.47. The molecule has 2 N–H and O–H groups in total. The number of sulfonamides is 1. The van der Waals surface area contributed by atoms with Crippen molar-refractivity contribution >= 4 is 10.0 Å². The molecule has 1 aromatic heterocycles. The second-order valence-corrected chi connectivity index (χ2v) is 6.16. The zero-order chi connectivity index (χ0) is 11.3. The first-order valence-corrected chi connectivity index (χ1v) is 6.34. The summed E-state index contributed by atoms with van der Waals surface area (Å²) in [6.07, 6.45) is 1.69. The Bertz CT molecular complexity index is 466. The lowest BCUT2D eigenvalue weighted by Gasteiger charge is -2.11. The molecule has 15 heavy (non-hydrogen) atoms. The van der Waals surface area contributed by atoms with Crippen molar-refractivity contribution in [2.24, 2.45) is 5.14 Å². The van der Waals surface area contributed by atoms with Crippen LogP contribution in [0.4, 0.5) is 0 Å². The van der Waals surface area contributed by atoms with Crippen molar-refractivity contribution in [2.45, 2.75) is 37.9 Å². The molecule has 0 radical (unpaired) electrons. The molecule has 0 atom stereocenters. The van der Waals surface area contributed by atoms with E-state index in [2.05, 4.69) is 5.16 Å². The Kier molecular flexibility index (Phi) is 2.16. The molecule has 1 saturated carbocycles. The highest BCUT2D eigenvalue weighted by atomic mass is 32.2. The van der Waals surface area contributed by atoms with Crippen LogP contribution in [0.25, 0.3) is 0 Å². The first-order chi connectivity index (χ1) is 6.86. The van der Waals surface area contributed by atoms with E-state index in [4.69, 9.17) is 9.66 Å². The molecule has 1 aliphatic rings. The highest BCUT2D eigenvalue weighted by Crippen LogP contribution is 2.45. The van der Waals surface area contributed by atoms with E-state index in [0.717, 1.165) is 11.3 Å². The standard InChI is InChI=1S/C9H14N2O3S/c1-6-8(7(2)14-11-6)5-9(3-4-9)15(10,12)13/h3-5H2,1-2H3,(H2,10,12,13). The minimum absolute atomic E-state index is 0.424. The van der Waals surface area contributed by atoms with Gasteiger partial charge in [-0.3, -0.25) is 0 Å². The Morgan fingerprint density at radius 2 is 2.07 bits per heavy atom. The highest BCUT2D eigenvalue weighted by Gasteiger charge is 2.53. The van der Waals surface area contributed by atoms with Gasteiger partial charge in [0.05, 0.1) is 10.4 Å². The summed E-state index contributed by atoms with van der Waals surface area (Å²) in [6.45, 7) is 3.60. The van der Waals surface area contributed by atoms with Crippen LogP contribution in [-0.4, -0.2) is 18.3 Å². The molecular weight excluding hydrogens is 216 g/mol. The van der Waals surface area contributed by atoms with Gasteiger partial charge in [0.1, 0.15) is 5.76 Å². The molecule has 1 aliphatic carbocycles. The molecule has 0 aromatic carbocycles. The second kappa shape index (κ2) is 3.05. The minimum atomic E-state index is -3.47. The van der Waals surface area contributed by atoms with Crippen LogP contribution in [0, 0.1) is 13.8 Å². The lowest BCUT2D eigenvalue weighted by Crippen LogP contribution is -2.32. The van der Waals surface area contributed by atoms with E-state index in [0.29, 0.717) is 25.0 Å². The minimum Gasteiger partial charge on any atom is -0.361 e. The summed E-state index contributed by atoms with van der Waals surface area (Å²) in [5.74, 6) is 0.683. The lowest BCUT2D eigenvalue weighted by atomic mass is 10.1. The average Bonchev–Trinajstić information content (AvgIpc) is 2.83. The van der Waals surface area contributed by atoms with E-state index in [1.165, 1.54) is 0 Å². The monoisotopic (exact) mass is 230 g/mol. The van der Waals surface area contributed by atoms with Crippen molar-refractivity contribution in [1.82, 2.24) is 5.16 Å². The van der Waals surface area contributed by atoms with Crippen LogP contribution in [0.1, 0.15) is 29.9 Å². The van der Waals surface area contributed by atoms with Gasteiger partial charge in [0.2, 0.25) is 10.0 Å². The van der Waals surface area contributed by atoms with Gasteiger partial charge < -0.3 is 4.52 Å². The van der Waals surface area contributed by atoms with Crippen LogP contribution in [0.15, 0.2) is 4.52 Å². The summed E-state index contributed by atoms with van der Waals surface area (Å²) in [5, 5.41) is 9.01. The van der Waals surface area contributed by atoms with E-state index in [1.54, 1.807) is 6.92 Å². The highest BCUT2D eigenvalue weighted by molar-refractivity contribution is 7.90. The fourth-order valence-corrected chi connectivity index (χ4v) is 2.79. The largest absolute Gasteiger partial charge is 0.361 e. The molecule has 1 fully saturated rings. The zero-order valence-corrected chi connectivity index (χ0v) is 9.60. The van der Waals surface area contributed by atoms with Gasteiger partial charge in [0.25, 0.3) is 0 Å². The van der Waals surface area contributed by atoms with Crippen LogP contribution in [-0.2, 0) is 16.4 Å². The maximum absolute atomic E-state index is 11.4. The van der Waals surface area contributed by atoms with Gasteiger partial charge in [-0.2, -0.15) is 0 Å². The number of aromatic nitrogens is 1. The summed E-state index contributed by atoms with van der Waals surface area (Å²) >= 11 is 0. The van der Waals surface area contributed by atoms with Crippen LogP contribution < -0.4 is 5.14 Å². The molecule has 2 rings (SSSR count). The smallest absolute Gasteiger partial charge is 0.215 e. The molecule has 0 unspecified atom stereocenters. The number of aryl methyl sites for hydroxylation is 2. The molecule has 0 bridgehead atoms. The average molecular weight is 230 g/mol. The number of nitrogens with two attached hydrogens (primary N) is 1. The molecular formula is C9H14N2O3S. The predicted octanol–water partition coefficient (Wildman–Crippen LogP) is 0.655. The lowest BCUT2D eigenvalue weighted by molar-refractivity contribution is 0.392. The number of hydrogen-bond donors (Lipinski definition) is 1. The molecule has 1 heterocycles. The molecule has 6 heteroatoms. The third-order valence-corrected chi connectivity index (χ3v) is 4.85. The van der Waals surface area contributed by atoms with E-state index in [9.17, 15) is 8.42 Å². The summed E-state index contributed by atoms with van der Waals surface area (Å²) in [6, 6.07) is 0. The number of rotatable bonds is 3. The molecule has 1 aromatic rings. The quantitative estimate of drug-likeness (QED) is 0.826. The van der Waals surface area contributed by atoms with Crippen molar-refractivity contribution in [2.75, 3.05) is 0 Å². The van der Waals surface area contributed by atoms with E-state index in [-0.39, 0.29) is 0 Å². The summed E-state index contributed by atoms with van der Waals surface area (Å²) < 4.78 is 27.0. The maximum atomic E-state index is 11.4. The summed E-state index contributed by atoms with van der Waals surface area (Å²) in [4.78, 5) is 0. The van der Waals surface area contributed by atoms with Gasteiger partial charge in [-0.1, -0.05) is 5.16 Å². The van der Waals surface area contributed by atoms with Gasteiger partial charge in [0.15, 0.2) is 0 Å². The van der Waals surface area contributed by atoms with Gasteiger partial charge in [-0.05, 0) is 33.1 Å². The van der Waals surface area contributed by atoms with Crippen molar-refractivity contribution in [3.05, 3.63) is 17.0 Å². The Labute approximate surface area is 88.7 Å². The van der Waals surface area contributed by atoms with Crippen LogP contribution in [0.5, 0.6) is 0 Å². The topological polar surface area (TPSA) is 86.2 Å². The number of hydrogen-bond acceptors (Lipinski definition) is 4. The zero-order valence-electron chi connectivity index (χ0n) is 8.78. The Balaban J connectivity index is 2.31. The van der Waals surface area contributed by atoms with Crippen molar-refractivity contribution in [3.8, 4) is 0 Å². The fourth-order valence-electron chi connectivity index (χ4n) is 1.78. The van der Waals surface area contributed by atoms with E-state index in [1.807, 2.05) is 6.92 Å². The summed E-state index contributed by atoms with van der Waals surface area (Å²) in [5.41, 5.74) is 1.63. The fraction of sp³-hybridized carbons (Fsp3) is 0.667. The second-order valence-electron chi connectivity index (χ2n) is 4.21. The molecule has 0 spiro atoms. The third-order valence-electron chi connectivity index (χ3n) is 3.09. The van der Waals surface area contributed by atoms with Crippen LogP contribution in [0.2, 0.25) is 0 Å². The number of nitrogens with zero attached hydrogens (tertiary/aromatic N) is 1. The first kappa shape index (κ1) is 10.6. The number of primary sulfonamides is 1. The Morgan fingerprint density at radius 3 is 2.40 bits per heavy atom. The SMILES string of the molecule is Cc1noc(C)c1CC1(S(N)(=O)=O)CC1. The van der Waals surface area contributed by atoms with Crippen molar-refractivity contribution in [3.63, 3.8) is 0 Å². The van der Waals surface area contributed by atoms with E-state index >= 15 is 0 Å². The molecule has 84 valence electrons. The molecule has 0 amide bonds. The van der Waals surface area contributed by atoms with Gasteiger partial charge in [-0.15, -0.1) is 0 Å².